The molecule has 0 unspecified atom stereocenters. The molecule has 1 N–H and O–H groups in total. The number of ether oxygens (including phenoxy) is 1. The van der Waals surface area contributed by atoms with E-state index in [4.69, 9.17) is 9.15 Å². The Morgan fingerprint density at radius 2 is 2.19 bits per heavy atom. The number of anilines is 2. The Hall–Kier alpha value is -2.77. The topological polar surface area (TPSA) is 93.7 Å². The first-order valence-corrected chi connectivity index (χ1v) is 6.20. The lowest BCUT2D eigenvalue weighted by Crippen LogP contribution is -2.13. The largest absolute Gasteiger partial charge is 0.479 e. The van der Waals surface area contributed by atoms with Crippen LogP contribution in [-0.4, -0.2) is 31.1 Å². The van der Waals surface area contributed by atoms with E-state index < -0.39 is 4.92 Å². The fraction of sp³-hybridized carbons (Fsp3) is 0.308. The van der Waals surface area contributed by atoms with Crippen molar-refractivity contribution in [2.24, 2.45) is 0 Å². The first kappa shape index (κ1) is 14.6. The molecule has 2 aromatic heterocycles. The molecular weight excluding hydrogens is 276 g/mol. The molecule has 21 heavy (non-hydrogen) atoms. The highest BCUT2D eigenvalue weighted by molar-refractivity contribution is 5.74. The number of hydrogen-bond acceptors (Lipinski definition) is 7. The summed E-state index contributed by atoms with van der Waals surface area (Å²) in [6.07, 6.45) is 1.65. The molecule has 2 heterocycles. The van der Waals surface area contributed by atoms with Gasteiger partial charge in [-0.15, -0.1) is 0 Å². The summed E-state index contributed by atoms with van der Waals surface area (Å²) in [5, 5.41) is 13.7. The summed E-state index contributed by atoms with van der Waals surface area (Å²) in [6, 6.07) is 4.73. The van der Waals surface area contributed by atoms with E-state index in [9.17, 15) is 10.1 Å². The van der Waals surface area contributed by atoms with Gasteiger partial charge in [0.15, 0.2) is 0 Å². The summed E-state index contributed by atoms with van der Waals surface area (Å²) in [6.45, 7) is 0.288. The smallest absolute Gasteiger partial charge is 0.433 e. The maximum Gasteiger partial charge on any atom is 0.433 e. The van der Waals surface area contributed by atoms with Crippen molar-refractivity contribution in [3.8, 4) is 5.88 Å². The summed E-state index contributed by atoms with van der Waals surface area (Å²) < 4.78 is 10.3. The average molecular weight is 292 g/mol. The number of aromatic nitrogens is 1. The number of nitro groups is 1. The van der Waals surface area contributed by atoms with Crippen LogP contribution in [0.25, 0.3) is 0 Å². The number of nitrogens with zero attached hydrogens (tertiary/aromatic N) is 3. The van der Waals surface area contributed by atoms with Crippen molar-refractivity contribution in [3.63, 3.8) is 0 Å². The fourth-order valence-electron chi connectivity index (χ4n) is 1.86. The Morgan fingerprint density at radius 3 is 2.76 bits per heavy atom. The minimum Gasteiger partial charge on any atom is -0.479 e. The molecule has 2 rings (SSSR count). The molecule has 0 amide bonds. The number of pyridine rings is 1. The molecule has 0 saturated carbocycles. The molecule has 8 nitrogen and oxygen atoms in total. The van der Waals surface area contributed by atoms with Crippen molar-refractivity contribution in [2.45, 2.75) is 6.54 Å². The summed E-state index contributed by atoms with van der Waals surface area (Å²) >= 11 is 0. The monoisotopic (exact) mass is 292 g/mol. The van der Waals surface area contributed by atoms with Gasteiger partial charge in [0.1, 0.15) is 16.4 Å². The zero-order chi connectivity index (χ0) is 15.4. The van der Waals surface area contributed by atoms with Crippen LogP contribution < -0.4 is 15.0 Å². The number of nitrogens with one attached hydrogen (secondary N) is 1. The zero-order valence-corrected chi connectivity index (χ0v) is 12.0. The highest BCUT2D eigenvalue weighted by Gasteiger charge is 2.15. The zero-order valence-electron chi connectivity index (χ0n) is 12.0. The van der Waals surface area contributed by atoms with E-state index in [1.807, 2.05) is 25.1 Å². The summed E-state index contributed by atoms with van der Waals surface area (Å²) in [5.41, 5.74) is 1.59. The lowest BCUT2D eigenvalue weighted by atomic mass is 10.3. The van der Waals surface area contributed by atoms with Crippen molar-refractivity contribution in [1.29, 1.82) is 0 Å². The third-order valence-electron chi connectivity index (χ3n) is 2.84. The van der Waals surface area contributed by atoms with E-state index >= 15 is 0 Å². The SMILES string of the molecule is COc1nccc(N(C)C)c1NCc1ccc([N+](=O)[O-])o1. The van der Waals surface area contributed by atoms with E-state index in [2.05, 4.69) is 10.3 Å². The minimum absolute atomic E-state index is 0.280. The minimum atomic E-state index is -0.570. The second-order valence-electron chi connectivity index (χ2n) is 4.46. The maximum absolute atomic E-state index is 10.6. The lowest BCUT2D eigenvalue weighted by molar-refractivity contribution is -0.402. The van der Waals surface area contributed by atoms with Gasteiger partial charge in [-0.2, -0.15) is 0 Å². The Bertz CT molecular complexity index is 639. The van der Waals surface area contributed by atoms with Gasteiger partial charge in [0, 0.05) is 20.3 Å². The Morgan fingerprint density at radius 1 is 1.43 bits per heavy atom. The summed E-state index contributed by atoms with van der Waals surface area (Å²) in [5.74, 6) is 0.623. The lowest BCUT2D eigenvalue weighted by Gasteiger charge is -2.19. The van der Waals surface area contributed by atoms with Crippen LogP contribution >= 0.6 is 0 Å². The summed E-state index contributed by atoms with van der Waals surface area (Å²) in [7, 11) is 5.33. The van der Waals surface area contributed by atoms with Crippen LogP contribution in [0.15, 0.2) is 28.8 Å². The Kier molecular flexibility index (Phi) is 4.27. The third-order valence-corrected chi connectivity index (χ3v) is 2.84. The Balaban J connectivity index is 2.20. The molecule has 0 bridgehead atoms. The van der Waals surface area contributed by atoms with Gasteiger partial charge in [0.05, 0.1) is 25.4 Å². The van der Waals surface area contributed by atoms with E-state index in [1.165, 1.54) is 13.2 Å². The quantitative estimate of drug-likeness (QED) is 0.644. The van der Waals surface area contributed by atoms with Gasteiger partial charge in [0.25, 0.3) is 0 Å². The molecule has 0 aliphatic heterocycles. The molecule has 0 atom stereocenters. The van der Waals surface area contributed by atoms with E-state index in [0.717, 1.165) is 5.69 Å². The highest BCUT2D eigenvalue weighted by Crippen LogP contribution is 2.32. The molecule has 0 fully saturated rings. The molecule has 8 heteroatoms. The number of furan rings is 1. The molecule has 0 aromatic carbocycles. The van der Waals surface area contributed by atoms with Crippen LogP contribution in [-0.2, 0) is 6.54 Å². The first-order chi connectivity index (χ1) is 10.0. The molecule has 0 aliphatic rings. The first-order valence-electron chi connectivity index (χ1n) is 6.20. The molecule has 0 radical (unpaired) electrons. The van der Waals surface area contributed by atoms with Crippen LogP contribution in [0.1, 0.15) is 5.76 Å². The number of rotatable bonds is 6. The van der Waals surface area contributed by atoms with Gasteiger partial charge >= 0.3 is 5.88 Å². The van der Waals surface area contributed by atoms with Gasteiger partial charge in [-0.05, 0) is 12.1 Å². The molecular formula is C13H16N4O4. The summed E-state index contributed by atoms with van der Waals surface area (Å²) in [4.78, 5) is 16.1. The Labute approximate surface area is 121 Å². The van der Waals surface area contributed by atoms with Crippen molar-refractivity contribution in [1.82, 2.24) is 4.98 Å². The van der Waals surface area contributed by atoms with E-state index in [0.29, 0.717) is 17.3 Å². The number of hydrogen-bond donors (Lipinski definition) is 1. The normalized spacial score (nSPS) is 10.2. The highest BCUT2D eigenvalue weighted by atomic mass is 16.6. The molecule has 0 saturated heterocycles. The standard InChI is InChI=1S/C13H16N4O4/c1-16(2)10-6-7-14-13(20-3)12(10)15-8-9-4-5-11(21-9)17(18)19/h4-7,15H,8H2,1-3H3. The van der Waals surface area contributed by atoms with Gasteiger partial charge in [-0.3, -0.25) is 10.1 Å². The maximum atomic E-state index is 10.6. The van der Waals surface area contributed by atoms with Crippen LogP contribution in [0.3, 0.4) is 0 Å². The number of methoxy groups -OCH3 is 1. The fourth-order valence-corrected chi connectivity index (χ4v) is 1.86. The van der Waals surface area contributed by atoms with Crippen LogP contribution in [0.5, 0.6) is 5.88 Å². The van der Waals surface area contributed by atoms with Crippen molar-refractivity contribution in [3.05, 3.63) is 40.3 Å². The van der Waals surface area contributed by atoms with Gasteiger partial charge in [0.2, 0.25) is 5.88 Å². The van der Waals surface area contributed by atoms with Crippen molar-refractivity contribution in [2.75, 3.05) is 31.4 Å². The van der Waals surface area contributed by atoms with Crippen molar-refractivity contribution < 1.29 is 14.1 Å². The second-order valence-corrected chi connectivity index (χ2v) is 4.46. The van der Waals surface area contributed by atoms with Gasteiger partial charge in [-0.25, -0.2) is 4.98 Å². The molecule has 112 valence electrons. The van der Waals surface area contributed by atoms with Crippen LogP contribution in [0.2, 0.25) is 0 Å². The molecule has 0 aliphatic carbocycles. The predicted octanol–water partition coefficient (Wildman–Crippen LogP) is 2.27. The van der Waals surface area contributed by atoms with Crippen LogP contribution in [0.4, 0.5) is 17.3 Å². The van der Waals surface area contributed by atoms with E-state index in [1.54, 1.807) is 12.3 Å². The predicted molar refractivity (Wildman–Crippen MR) is 77.8 cm³/mol. The second kappa shape index (κ2) is 6.12. The molecule has 0 spiro atoms. The van der Waals surface area contributed by atoms with Gasteiger partial charge < -0.3 is 19.4 Å². The van der Waals surface area contributed by atoms with Crippen molar-refractivity contribution >= 4 is 17.3 Å². The van der Waals surface area contributed by atoms with Gasteiger partial charge in [-0.1, -0.05) is 0 Å². The average Bonchev–Trinajstić information content (AvgIpc) is 2.93. The molecule has 2 aromatic rings. The third kappa shape index (κ3) is 3.22. The van der Waals surface area contributed by atoms with Crippen LogP contribution in [0, 0.1) is 10.1 Å². The van der Waals surface area contributed by atoms with E-state index in [-0.39, 0.29) is 12.4 Å².